The van der Waals surface area contributed by atoms with E-state index >= 15 is 0 Å². The number of morpholine rings is 1. The molecule has 1 amide bonds. The van der Waals surface area contributed by atoms with E-state index in [1.807, 2.05) is 11.8 Å². The molecule has 2 aliphatic heterocycles. The Balaban J connectivity index is 1.46. The Labute approximate surface area is 142 Å². The molecule has 1 spiro atoms. The second kappa shape index (κ2) is 7.58. The summed E-state index contributed by atoms with van der Waals surface area (Å²) >= 11 is 0. The molecule has 2 saturated heterocycles. The lowest BCUT2D eigenvalue weighted by atomic mass is 9.89. The first-order chi connectivity index (χ1) is 11.6. The van der Waals surface area contributed by atoms with Crippen LogP contribution in [0.2, 0.25) is 0 Å². The van der Waals surface area contributed by atoms with Crippen LogP contribution in [0, 0.1) is 0 Å². The molecular formula is C16H26N4O4. The van der Waals surface area contributed by atoms with Gasteiger partial charge in [-0.1, -0.05) is 12.1 Å². The monoisotopic (exact) mass is 338 g/mol. The number of carbonyl (C=O) groups is 1. The quantitative estimate of drug-likeness (QED) is 0.772. The van der Waals surface area contributed by atoms with Crippen LogP contribution in [0.4, 0.5) is 0 Å². The van der Waals surface area contributed by atoms with Crippen molar-refractivity contribution >= 4 is 5.91 Å². The summed E-state index contributed by atoms with van der Waals surface area (Å²) in [5.41, 5.74) is -0.178. The van der Waals surface area contributed by atoms with E-state index in [-0.39, 0.29) is 24.7 Å². The molecule has 3 rings (SSSR count). The van der Waals surface area contributed by atoms with E-state index < -0.39 is 0 Å². The van der Waals surface area contributed by atoms with E-state index in [0.717, 1.165) is 25.9 Å². The molecule has 8 nitrogen and oxygen atoms in total. The zero-order valence-corrected chi connectivity index (χ0v) is 14.5. The van der Waals surface area contributed by atoms with E-state index in [9.17, 15) is 4.79 Å². The van der Waals surface area contributed by atoms with Gasteiger partial charge in [0, 0.05) is 32.6 Å². The lowest BCUT2D eigenvalue weighted by molar-refractivity contribution is -0.162. The van der Waals surface area contributed by atoms with Crippen LogP contribution < -0.4 is 0 Å². The molecule has 0 saturated carbocycles. The molecule has 0 aliphatic carbocycles. The van der Waals surface area contributed by atoms with Crippen molar-refractivity contribution < 1.29 is 18.8 Å². The maximum Gasteiger partial charge on any atom is 0.252 e. The predicted molar refractivity (Wildman–Crippen MR) is 85.3 cm³/mol. The maximum atomic E-state index is 12.4. The number of aryl methyl sites for hydroxylation is 1. The largest absolute Gasteiger partial charge is 0.371 e. The summed E-state index contributed by atoms with van der Waals surface area (Å²) in [6, 6.07) is 0. The van der Waals surface area contributed by atoms with Gasteiger partial charge in [0.15, 0.2) is 5.82 Å². The molecule has 24 heavy (non-hydrogen) atoms. The number of nitrogens with zero attached hydrogens (tertiary/aromatic N) is 4. The topological polar surface area (TPSA) is 80.9 Å². The molecule has 0 aromatic carbocycles. The summed E-state index contributed by atoms with van der Waals surface area (Å²) in [4.78, 5) is 20.7. The summed E-state index contributed by atoms with van der Waals surface area (Å²) < 4.78 is 16.5. The second-order valence-corrected chi connectivity index (χ2v) is 6.60. The van der Waals surface area contributed by atoms with E-state index in [0.29, 0.717) is 37.8 Å². The lowest BCUT2D eigenvalue weighted by Gasteiger charge is -2.46. The van der Waals surface area contributed by atoms with Crippen molar-refractivity contribution in [1.82, 2.24) is 19.9 Å². The van der Waals surface area contributed by atoms with Crippen LogP contribution >= 0.6 is 0 Å². The van der Waals surface area contributed by atoms with Crippen LogP contribution in [-0.4, -0.2) is 77.9 Å². The molecule has 2 fully saturated rings. The highest BCUT2D eigenvalue weighted by atomic mass is 16.5. The fraction of sp³-hybridized carbons (Fsp3) is 0.812. The van der Waals surface area contributed by atoms with Crippen LogP contribution in [0.15, 0.2) is 4.52 Å². The summed E-state index contributed by atoms with van der Waals surface area (Å²) in [6.45, 7) is 6.04. The molecule has 0 N–H and O–H groups in total. The Hall–Kier alpha value is -1.51. The molecular weight excluding hydrogens is 312 g/mol. The van der Waals surface area contributed by atoms with E-state index in [4.69, 9.17) is 14.0 Å². The van der Waals surface area contributed by atoms with Gasteiger partial charge in [0.25, 0.3) is 5.89 Å². The van der Waals surface area contributed by atoms with Crippen molar-refractivity contribution in [2.45, 2.75) is 38.4 Å². The SMILES string of the molecule is CCc1noc(COCC(=O)N2CCOC3(CCN(C)CC3)C2)n1. The van der Waals surface area contributed by atoms with Gasteiger partial charge in [-0.3, -0.25) is 4.79 Å². The molecule has 0 radical (unpaired) electrons. The van der Waals surface area contributed by atoms with Gasteiger partial charge < -0.3 is 23.8 Å². The number of carbonyl (C=O) groups excluding carboxylic acids is 1. The minimum absolute atomic E-state index is 0.00756. The number of aromatic nitrogens is 2. The minimum Gasteiger partial charge on any atom is -0.371 e. The molecule has 0 atom stereocenters. The molecule has 2 aliphatic rings. The number of piperidine rings is 1. The smallest absolute Gasteiger partial charge is 0.252 e. The van der Waals surface area contributed by atoms with Crippen LogP contribution in [0.25, 0.3) is 0 Å². The van der Waals surface area contributed by atoms with Crippen molar-refractivity contribution in [3.8, 4) is 0 Å². The second-order valence-electron chi connectivity index (χ2n) is 6.60. The Bertz CT molecular complexity index is 554. The lowest BCUT2D eigenvalue weighted by Crippen LogP contribution is -2.58. The van der Waals surface area contributed by atoms with Crippen LogP contribution in [-0.2, 0) is 27.3 Å². The summed E-state index contributed by atoms with van der Waals surface area (Å²) in [7, 11) is 2.12. The van der Waals surface area contributed by atoms with Gasteiger partial charge in [-0.25, -0.2) is 0 Å². The first kappa shape index (κ1) is 17.3. The van der Waals surface area contributed by atoms with E-state index in [1.165, 1.54) is 0 Å². The molecule has 1 aromatic rings. The minimum atomic E-state index is -0.178. The third-order valence-electron chi connectivity index (χ3n) is 4.78. The van der Waals surface area contributed by atoms with Crippen LogP contribution in [0.5, 0.6) is 0 Å². The first-order valence-electron chi connectivity index (χ1n) is 8.60. The number of amides is 1. The van der Waals surface area contributed by atoms with Crippen molar-refractivity contribution in [2.75, 3.05) is 46.4 Å². The maximum absolute atomic E-state index is 12.4. The third-order valence-corrected chi connectivity index (χ3v) is 4.78. The molecule has 3 heterocycles. The fourth-order valence-electron chi connectivity index (χ4n) is 3.20. The third kappa shape index (κ3) is 4.12. The Morgan fingerprint density at radius 1 is 1.33 bits per heavy atom. The Kier molecular flexibility index (Phi) is 5.47. The normalized spacial score (nSPS) is 21.3. The van der Waals surface area contributed by atoms with Gasteiger partial charge in [-0.15, -0.1) is 0 Å². The van der Waals surface area contributed by atoms with Gasteiger partial charge in [0.1, 0.15) is 13.2 Å². The van der Waals surface area contributed by atoms with Crippen molar-refractivity contribution in [3.63, 3.8) is 0 Å². The zero-order chi connectivity index (χ0) is 17.0. The summed E-state index contributed by atoms with van der Waals surface area (Å²) in [6.07, 6.45) is 2.65. The average Bonchev–Trinajstić information content (AvgIpc) is 3.06. The number of ether oxygens (including phenoxy) is 2. The highest BCUT2D eigenvalue weighted by Gasteiger charge is 2.40. The fourth-order valence-corrected chi connectivity index (χ4v) is 3.20. The molecule has 8 heteroatoms. The van der Waals surface area contributed by atoms with Crippen molar-refractivity contribution in [2.24, 2.45) is 0 Å². The van der Waals surface area contributed by atoms with Crippen LogP contribution in [0.3, 0.4) is 0 Å². The summed E-state index contributed by atoms with van der Waals surface area (Å²) in [5.74, 6) is 1.05. The number of hydrogen-bond donors (Lipinski definition) is 0. The number of rotatable bonds is 5. The van der Waals surface area contributed by atoms with Gasteiger partial charge in [0.05, 0.1) is 12.2 Å². The highest BCUT2D eigenvalue weighted by molar-refractivity contribution is 5.77. The van der Waals surface area contributed by atoms with E-state index in [2.05, 4.69) is 22.1 Å². The Morgan fingerprint density at radius 2 is 2.12 bits per heavy atom. The van der Waals surface area contributed by atoms with Crippen molar-refractivity contribution in [1.29, 1.82) is 0 Å². The van der Waals surface area contributed by atoms with Gasteiger partial charge in [-0.05, 0) is 19.9 Å². The highest BCUT2D eigenvalue weighted by Crippen LogP contribution is 2.29. The first-order valence-corrected chi connectivity index (χ1v) is 8.60. The predicted octanol–water partition coefficient (Wildman–Crippen LogP) is 0.472. The number of likely N-dealkylation sites (tertiary alicyclic amines) is 1. The van der Waals surface area contributed by atoms with E-state index in [1.54, 1.807) is 0 Å². The van der Waals surface area contributed by atoms with Gasteiger partial charge in [0.2, 0.25) is 5.91 Å². The molecule has 0 bridgehead atoms. The van der Waals surface area contributed by atoms with Crippen LogP contribution in [0.1, 0.15) is 31.5 Å². The Morgan fingerprint density at radius 3 is 2.83 bits per heavy atom. The number of hydrogen-bond acceptors (Lipinski definition) is 7. The molecule has 1 aromatic heterocycles. The summed E-state index contributed by atoms with van der Waals surface area (Å²) in [5, 5.41) is 3.80. The molecule has 134 valence electrons. The van der Waals surface area contributed by atoms with Crippen molar-refractivity contribution in [3.05, 3.63) is 11.7 Å². The zero-order valence-electron chi connectivity index (χ0n) is 14.5. The molecule has 0 unspecified atom stereocenters. The van der Waals surface area contributed by atoms with Gasteiger partial charge in [-0.2, -0.15) is 4.98 Å². The van der Waals surface area contributed by atoms with Gasteiger partial charge >= 0.3 is 0 Å². The standard InChI is InChI=1S/C16H26N4O4/c1-3-13-17-14(24-18-13)10-22-11-15(21)20-8-9-23-16(12-20)4-6-19(2)7-5-16/h3-12H2,1-2H3. The average molecular weight is 338 g/mol.